The molecule has 1 rings (SSSR count). The lowest BCUT2D eigenvalue weighted by Gasteiger charge is -2.40. The van der Waals surface area contributed by atoms with E-state index in [4.69, 9.17) is 10.8 Å². The Balaban J connectivity index is 2.20. The van der Waals surface area contributed by atoms with Crippen molar-refractivity contribution in [2.45, 2.75) is 25.7 Å². The van der Waals surface area contributed by atoms with E-state index in [9.17, 15) is 14.4 Å². The summed E-state index contributed by atoms with van der Waals surface area (Å²) >= 11 is 0. The number of hydrogen-bond acceptors (Lipinski definition) is 4. The Morgan fingerprint density at radius 2 is 1.72 bits per heavy atom. The number of aliphatic carboxylic acids is 1. The molecule has 0 aromatic heterocycles. The number of amides is 2. The molecule has 102 valence electrons. The monoisotopic (exact) mass is 257 g/mol. The fourth-order valence-electron chi connectivity index (χ4n) is 1.95. The molecule has 5 N–H and O–H groups in total. The summed E-state index contributed by atoms with van der Waals surface area (Å²) < 4.78 is 0. The number of hydrogen-bond donors (Lipinski definition) is 4. The lowest BCUT2D eigenvalue weighted by atomic mass is 9.66. The van der Waals surface area contributed by atoms with Crippen molar-refractivity contribution in [1.29, 1.82) is 0 Å². The molecule has 2 amide bonds. The number of carboxylic acids is 1. The molecule has 0 bridgehead atoms. The van der Waals surface area contributed by atoms with Crippen LogP contribution in [0.2, 0.25) is 0 Å². The van der Waals surface area contributed by atoms with Crippen molar-refractivity contribution in [1.82, 2.24) is 10.6 Å². The Morgan fingerprint density at radius 3 is 2.17 bits per heavy atom. The van der Waals surface area contributed by atoms with Gasteiger partial charge in [0.15, 0.2) is 0 Å². The van der Waals surface area contributed by atoms with E-state index in [0.29, 0.717) is 13.0 Å². The Morgan fingerprint density at radius 1 is 1.11 bits per heavy atom. The van der Waals surface area contributed by atoms with Gasteiger partial charge in [0.05, 0.1) is 6.54 Å². The largest absolute Gasteiger partial charge is 0.480 e. The van der Waals surface area contributed by atoms with Gasteiger partial charge in [-0.05, 0) is 24.8 Å². The number of nitrogens with two attached hydrogens (primary N) is 1. The van der Waals surface area contributed by atoms with Gasteiger partial charge in [0.25, 0.3) is 0 Å². The van der Waals surface area contributed by atoms with Gasteiger partial charge >= 0.3 is 5.97 Å². The van der Waals surface area contributed by atoms with Crippen LogP contribution in [0.25, 0.3) is 0 Å². The molecule has 7 nitrogen and oxygen atoms in total. The van der Waals surface area contributed by atoms with Gasteiger partial charge < -0.3 is 21.5 Å². The van der Waals surface area contributed by atoms with E-state index in [-0.39, 0.29) is 17.9 Å². The molecule has 0 aliphatic heterocycles. The highest BCUT2D eigenvalue weighted by atomic mass is 16.4. The fraction of sp³-hybridized carbons (Fsp3) is 0.727. The maximum atomic E-state index is 11.6. The predicted molar refractivity (Wildman–Crippen MR) is 63.6 cm³/mol. The molecule has 0 heterocycles. The topological polar surface area (TPSA) is 122 Å². The van der Waals surface area contributed by atoms with E-state index in [1.807, 2.05) is 0 Å². The summed E-state index contributed by atoms with van der Waals surface area (Å²) in [6.07, 6.45) is 3.31. The number of carbonyl (C=O) groups is 3. The molecule has 0 radical (unpaired) electrons. The van der Waals surface area contributed by atoms with Crippen LogP contribution in [0.15, 0.2) is 0 Å². The molecule has 7 heteroatoms. The van der Waals surface area contributed by atoms with Crippen LogP contribution < -0.4 is 16.4 Å². The van der Waals surface area contributed by atoms with Crippen LogP contribution in [0.4, 0.5) is 0 Å². The molecule has 0 aromatic rings. The molecule has 0 saturated heterocycles. The number of rotatable bonds is 7. The first-order chi connectivity index (χ1) is 8.47. The van der Waals surface area contributed by atoms with Gasteiger partial charge in [-0.25, -0.2) is 0 Å². The molecular weight excluding hydrogens is 238 g/mol. The average Bonchev–Trinajstić information content (AvgIpc) is 2.28. The van der Waals surface area contributed by atoms with E-state index in [1.165, 1.54) is 0 Å². The standard InChI is InChI=1S/C11H19N3O4/c12-7-11(2-1-3-11)4-8(15)13-5-9(16)14-6-10(17)18/h1-7,12H2,(H,13,15)(H,14,16)(H,17,18). The van der Waals surface area contributed by atoms with Crippen molar-refractivity contribution in [3.05, 3.63) is 0 Å². The van der Waals surface area contributed by atoms with Gasteiger partial charge in [0.2, 0.25) is 11.8 Å². The van der Waals surface area contributed by atoms with Crippen LogP contribution in [0.1, 0.15) is 25.7 Å². The first-order valence-electron chi connectivity index (χ1n) is 5.93. The molecule has 1 saturated carbocycles. The maximum absolute atomic E-state index is 11.6. The van der Waals surface area contributed by atoms with E-state index in [0.717, 1.165) is 19.3 Å². The fourth-order valence-corrected chi connectivity index (χ4v) is 1.95. The van der Waals surface area contributed by atoms with Crippen LogP contribution in [-0.2, 0) is 14.4 Å². The van der Waals surface area contributed by atoms with Crippen molar-refractivity contribution in [2.24, 2.45) is 11.1 Å². The third-order valence-corrected chi connectivity index (χ3v) is 3.27. The second kappa shape index (κ2) is 6.34. The molecule has 1 fully saturated rings. The van der Waals surface area contributed by atoms with E-state index < -0.39 is 18.4 Å². The predicted octanol–water partition coefficient (Wildman–Crippen LogP) is -1.18. The average molecular weight is 257 g/mol. The quantitative estimate of drug-likeness (QED) is 0.457. The van der Waals surface area contributed by atoms with Gasteiger partial charge in [-0.1, -0.05) is 6.42 Å². The first-order valence-corrected chi connectivity index (χ1v) is 5.93. The Hall–Kier alpha value is -1.63. The van der Waals surface area contributed by atoms with Gasteiger partial charge in [0, 0.05) is 6.42 Å². The summed E-state index contributed by atoms with van der Waals surface area (Å²) in [6, 6.07) is 0. The van der Waals surface area contributed by atoms with Gasteiger partial charge in [-0.15, -0.1) is 0 Å². The first kappa shape index (κ1) is 14.4. The molecule has 18 heavy (non-hydrogen) atoms. The molecule has 1 aliphatic rings. The van der Waals surface area contributed by atoms with Crippen LogP contribution >= 0.6 is 0 Å². The molecule has 0 unspecified atom stereocenters. The Kier molecular flexibility index (Phi) is 5.08. The third kappa shape index (κ3) is 4.33. The smallest absolute Gasteiger partial charge is 0.322 e. The zero-order chi connectivity index (χ0) is 13.6. The maximum Gasteiger partial charge on any atom is 0.322 e. The second-order valence-electron chi connectivity index (χ2n) is 4.68. The van der Waals surface area contributed by atoms with Crippen LogP contribution in [0.3, 0.4) is 0 Å². The zero-order valence-electron chi connectivity index (χ0n) is 10.2. The van der Waals surface area contributed by atoms with Crippen molar-refractivity contribution in [3.8, 4) is 0 Å². The lowest BCUT2D eigenvalue weighted by molar-refractivity contribution is -0.137. The normalized spacial score (nSPS) is 16.5. The van der Waals surface area contributed by atoms with E-state index in [1.54, 1.807) is 0 Å². The van der Waals surface area contributed by atoms with Crippen molar-refractivity contribution < 1.29 is 19.5 Å². The second-order valence-corrected chi connectivity index (χ2v) is 4.68. The van der Waals surface area contributed by atoms with Crippen LogP contribution in [-0.4, -0.2) is 42.5 Å². The highest BCUT2D eigenvalue weighted by Gasteiger charge is 2.37. The summed E-state index contributed by atoms with van der Waals surface area (Å²) in [6.45, 7) is -0.167. The molecular formula is C11H19N3O4. The van der Waals surface area contributed by atoms with Gasteiger partial charge in [0.1, 0.15) is 6.54 Å². The highest BCUT2D eigenvalue weighted by molar-refractivity contribution is 5.86. The summed E-state index contributed by atoms with van der Waals surface area (Å²) in [5.41, 5.74) is 5.53. The number of carbonyl (C=O) groups excluding carboxylic acids is 2. The summed E-state index contributed by atoms with van der Waals surface area (Å²) in [4.78, 5) is 32.9. The zero-order valence-corrected chi connectivity index (χ0v) is 10.2. The molecule has 1 aliphatic carbocycles. The van der Waals surface area contributed by atoms with E-state index >= 15 is 0 Å². The van der Waals surface area contributed by atoms with Gasteiger partial charge in [-0.2, -0.15) is 0 Å². The molecule has 0 aromatic carbocycles. The highest BCUT2D eigenvalue weighted by Crippen LogP contribution is 2.42. The summed E-state index contributed by atoms with van der Waals surface area (Å²) in [5, 5.41) is 13.0. The number of nitrogens with one attached hydrogen (secondary N) is 2. The van der Waals surface area contributed by atoms with Crippen molar-refractivity contribution in [2.75, 3.05) is 19.6 Å². The Labute approximate surface area is 105 Å². The minimum absolute atomic E-state index is 0.0956. The van der Waals surface area contributed by atoms with E-state index in [2.05, 4.69) is 10.6 Å². The Bertz CT molecular complexity index is 334. The van der Waals surface area contributed by atoms with Crippen LogP contribution in [0.5, 0.6) is 0 Å². The van der Waals surface area contributed by atoms with Crippen molar-refractivity contribution >= 4 is 17.8 Å². The lowest BCUT2D eigenvalue weighted by Crippen LogP contribution is -2.44. The minimum atomic E-state index is -1.12. The molecule has 0 atom stereocenters. The minimum Gasteiger partial charge on any atom is -0.480 e. The van der Waals surface area contributed by atoms with Gasteiger partial charge in [-0.3, -0.25) is 14.4 Å². The van der Waals surface area contributed by atoms with Crippen molar-refractivity contribution in [3.63, 3.8) is 0 Å². The summed E-state index contributed by atoms with van der Waals surface area (Å²) in [7, 11) is 0. The summed E-state index contributed by atoms with van der Waals surface area (Å²) in [5.74, 6) is -1.85. The third-order valence-electron chi connectivity index (χ3n) is 3.27. The molecule has 0 spiro atoms. The SMILES string of the molecule is NCC1(CC(=O)NCC(=O)NCC(=O)O)CCC1. The number of carboxylic acid groups (broad SMARTS) is 1. The van der Waals surface area contributed by atoms with Crippen LogP contribution in [0, 0.1) is 5.41 Å².